The fraction of sp³-hybridized carbons (Fsp3) is 0.568. The SMILES string of the molecule is CCCCCCc1cc(CCCCCC)cc(C2(c3cc(CCCCCC)cc(CCCCCC)c3)C(/C=C\S)=C(S)c3sc4c5c(sc4c32)-c2sccc2C5(c2cc(CCCCCC)cc(CCCCCC)c2)c2cc(CCCCCC)cc(CCCCCC)c2)c1. The van der Waals surface area contributed by atoms with Gasteiger partial charge in [0.2, 0.25) is 0 Å². The third-order valence-electron chi connectivity index (χ3n) is 21.2. The van der Waals surface area contributed by atoms with Gasteiger partial charge in [-0.2, -0.15) is 12.6 Å². The Kier molecular flexibility index (Phi) is 30.1. The molecule has 0 amide bonds. The maximum Gasteiger partial charge on any atom is 0.0745 e. The van der Waals surface area contributed by atoms with Gasteiger partial charge in [0, 0.05) is 25.8 Å². The van der Waals surface area contributed by atoms with Gasteiger partial charge >= 0.3 is 0 Å². The summed E-state index contributed by atoms with van der Waals surface area (Å²) in [5.41, 5.74) is 22.8. The monoisotopic (exact) mass is 1340 g/mol. The van der Waals surface area contributed by atoms with Gasteiger partial charge in [0.1, 0.15) is 0 Å². The molecule has 93 heavy (non-hydrogen) atoms. The molecule has 0 bridgehead atoms. The lowest BCUT2D eigenvalue weighted by molar-refractivity contribution is 0.656. The average molecular weight is 1340 g/mol. The first-order chi connectivity index (χ1) is 45.7. The van der Waals surface area contributed by atoms with E-state index in [1.54, 1.807) is 5.56 Å². The van der Waals surface area contributed by atoms with Crippen LogP contribution in [0.25, 0.3) is 24.1 Å². The average Bonchev–Trinajstić information content (AvgIpc) is 1.50. The van der Waals surface area contributed by atoms with Gasteiger partial charge in [0.05, 0.1) is 25.1 Å². The third-order valence-corrected chi connectivity index (χ3v) is 25.6. The van der Waals surface area contributed by atoms with Crippen molar-refractivity contribution in [2.75, 3.05) is 0 Å². The standard InChI is InChI=1S/C88H122S5/c1-9-17-25-33-41-65-53-66(42-34-26-18-10-2)58-73(57-65)87(74-59-67(43-35-27-19-11-3)54-68(60-74)44-36-28-20-12-4)77(49-51-89)81(90)83-79(87)85-86(92-83)80-84(93-85)82-78(50-52-91-82)88(80,75-61-69(45-37-29-21-13-5)55-70(62-75)46-38-30-22-14-6)76-63-71(47-39-31-23-15-7)56-72(64-76)48-40-32-24-16-8/h49-64,89-90H,9-48H2,1-8H3/b51-49-. The van der Waals surface area contributed by atoms with Crippen molar-refractivity contribution in [3.8, 4) is 9.75 Å². The molecule has 0 N–H and O–H groups in total. The molecule has 0 atom stereocenters. The van der Waals surface area contributed by atoms with Crippen molar-refractivity contribution in [2.24, 2.45) is 0 Å². The molecular formula is C88H122S5. The highest BCUT2D eigenvalue weighted by Crippen LogP contribution is 2.69. The lowest BCUT2D eigenvalue weighted by Gasteiger charge is -2.36. The summed E-state index contributed by atoms with van der Waals surface area (Å²) >= 11 is 17.4. The Labute approximate surface area is 591 Å². The van der Waals surface area contributed by atoms with Crippen LogP contribution in [0.4, 0.5) is 0 Å². The van der Waals surface area contributed by atoms with Gasteiger partial charge in [0.15, 0.2) is 0 Å². The second-order valence-corrected chi connectivity index (χ2v) is 32.4. The quantitative estimate of drug-likeness (QED) is 0.0276. The normalized spacial score (nSPS) is 14.0. The zero-order valence-electron chi connectivity index (χ0n) is 59.6. The van der Waals surface area contributed by atoms with E-state index >= 15 is 0 Å². The fourth-order valence-electron chi connectivity index (χ4n) is 16.2. The Balaban J connectivity index is 1.41. The summed E-state index contributed by atoms with van der Waals surface area (Å²) in [7, 11) is 0. The number of hydrogen-bond acceptors (Lipinski definition) is 5. The summed E-state index contributed by atoms with van der Waals surface area (Å²) in [6.07, 6.45) is 52.0. The second kappa shape index (κ2) is 38.0. The van der Waals surface area contributed by atoms with Crippen LogP contribution in [-0.4, -0.2) is 0 Å². The Morgan fingerprint density at radius 1 is 0.323 bits per heavy atom. The lowest BCUT2D eigenvalue weighted by atomic mass is 9.65. The molecule has 7 aromatic rings. The first-order valence-electron chi connectivity index (χ1n) is 38.6. The third kappa shape index (κ3) is 17.7. The molecule has 2 aliphatic carbocycles. The maximum atomic E-state index is 6.00. The van der Waals surface area contributed by atoms with Gasteiger partial charge in [-0.05, 0) is 197 Å². The maximum absolute atomic E-state index is 6.00. The molecule has 3 heterocycles. The lowest BCUT2D eigenvalue weighted by Crippen LogP contribution is -2.30. The number of fused-ring (bicyclic) bond motifs is 7. The van der Waals surface area contributed by atoms with E-state index < -0.39 is 10.8 Å². The van der Waals surface area contributed by atoms with Gasteiger partial charge < -0.3 is 0 Å². The number of rotatable bonds is 45. The predicted octanol–water partition coefficient (Wildman–Crippen LogP) is 28.8. The molecule has 0 aliphatic heterocycles. The minimum Gasteiger partial charge on any atom is -0.151 e. The number of aryl methyl sites for hydroxylation is 8. The molecule has 0 saturated carbocycles. The highest BCUT2D eigenvalue weighted by atomic mass is 32.1. The first kappa shape index (κ1) is 73.7. The molecule has 3 aromatic heterocycles. The second-order valence-electron chi connectivity index (χ2n) is 28.7. The predicted molar refractivity (Wildman–Crippen MR) is 424 cm³/mol. The van der Waals surface area contributed by atoms with Crippen LogP contribution in [0.5, 0.6) is 0 Å². The highest BCUT2D eigenvalue weighted by Gasteiger charge is 2.55. The van der Waals surface area contributed by atoms with E-state index in [0.717, 1.165) is 56.3 Å². The number of thiol groups is 2. The van der Waals surface area contributed by atoms with Crippen molar-refractivity contribution in [1.29, 1.82) is 0 Å². The van der Waals surface area contributed by atoms with Crippen LogP contribution in [-0.2, 0) is 62.2 Å². The van der Waals surface area contributed by atoms with Crippen molar-refractivity contribution in [1.82, 2.24) is 0 Å². The summed E-state index contributed by atoms with van der Waals surface area (Å²) in [6.45, 7) is 18.9. The molecule has 0 unspecified atom stereocenters. The van der Waals surface area contributed by atoms with E-state index in [1.165, 1.54) is 313 Å². The van der Waals surface area contributed by atoms with Gasteiger partial charge in [-0.15, -0.1) is 46.6 Å². The van der Waals surface area contributed by atoms with Crippen molar-refractivity contribution in [3.63, 3.8) is 0 Å². The van der Waals surface area contributed by atoms with E-state index in [2.05, 4.69) is 174 Å². The zero-order chi connectivity index (χ0) is 65.4. The molecule has 9 rings (SSSR count). The van der Waals surface area contributed by atoms with Crippen LogP contribution >= 0.6 is 59.3 Å². The fourth-order valence-corrected chi connectivity index (χ4v) is 21.0. The van der Waals surface area contributed by atoms with Crippen LogP contribution in [0.1, 0.15) is 349 Å². The van der Waals surface area contributed by atoms with Gasteiger partial charge in [0.25, 0.3) is 0 Å². The number of allylic oxidation sites excluding steroid dienone is 2. The number of unbranched alkanes of at least 4 members (excludes halogenated alkanes) is 24. The minimum absolute atomic E-state index is 0.498. The van der Waals surface area contributed by atoms with Gasteiger partial charge in [-0.3, -0.25) is 0 Å². The summed E-state index contributed by atoms with van der Waals surface area (Å²) in [4.78, 5) is 5.51. The van der Waals surface area contributed by atoms with Gasteiger partial charge in [-0.1, -0.05) is 288 Å². The van der Waals surface area contributed by atoms with Crippen molar-refractivity contribution >= 4 is 73.6 Å². The smallest absolute Gasteiger partial charge is 0.0745 e. The number of thiophene rings is 3. The van der Waals surface area contributed by atoms with E-state index in [4.69, 9.17) is 25.3 Å². The molecular weight excluding hydrogens is 1220 g/mol. The van der Waals surface area contributed by atoms with Crippen LogP contribution < -0.4 is 0 Å². The van der Waals surface area contributed by atoms with E-state index in [9.17, 15) is 0 Å². The minimum atomic E-state index is -0.618. The molecule has 0 nitrogen and oxygen atoms in total. The zero-order valence-corrected chi connectivity index (χ0v) is 63.9. The van der Waals surface area contributed by atoms with Crippen LogP contribution in [0, 0.1) is 0 Å². The Morgan fingerprint density at radius 2 is 0.591 bits per heavy atom. The van der Waals surface area contributed by atoms with Crippen molar-refractivity contribution in [2.45, 2.75) is 323 Å². The molecule has 0 radical (unpaired) electrons. The molecule has 4 aromatic carbocycles. The Bertz CT molecular complexity index is 3210. The molecule has 2 aliphatic rings. The molecule has 0 fully saturated rings. The summed E-state index contributed by atoms with van der Waals surface area (Å²) in [5.74, 6) is 0. The number of benzene rings is 4. The van der Waals surface area contributed by atoms with E-state index in [0.29, 0.717) is 0 Å². The van der Waals surface area contributed by atoms with Crippen molar-refractivity contribution in [3.05, 3.63) is 190 Å². The summed E-state index contributed by atoms with van der Waals surface area (Å²) < 4.78 is 2.98. The summed E-state index contributed by atoms with van der Waals surface area (Å²) in [6, 6.07) is 35.0. The van der Waals surface area contributed by atoms with Crippen LogP contribution in [0.2, 0.25) is 0 Å². The first-order valence-corrected chi connectivity index (χ1v) is 42.1. The Morgan fingerprint density at radius 3 is 0.871 bits per heavy atom. The molecule has 0 spiro atoms. The highest BCUT2D eigenvalue weighted by molar-refractivity contribution is 7.91. The van der Waals surface area contributed by atoms with E-state index in [-0.39, 0.29) is 0 Å². The molecule has 5 heteroatoms. The Hall–Kier alpha value is -3.58. The van der Waals surface area contributed by atoms with Crippen LogP contribution in [0.3, 0.4) is 0 Å². The largest absolute Gasteiger partial charge is 0.151 e. The molecule has 504 valence electrons. The topological polar surface area (TPSA) is 0 Å². The van der Waals surface area contributed by atoms with Gasteiger partial charge in [-0.25, -0.2) is 0 Å². The van der Waals surface area contributed by atoms with Crippen molar-refractivity contribution < 1.29 is 0 Å². The summed E-state index contributed by atoms with van der Waals surface area (Å²) in [5, 5.41) is 4.52. The van der Waals surface area contributed by atoms with Crippen LogP contribution in [0.15, 0.2) is 101 Å². The molecule has 0 saturated heterocycles. The number of hydrogen-bond donors (Lipinski definition) is 2. The van der Waals surface area contributed by atoms with E-state index in [1.807, 2.05) is 11.3 Å².